The van der Waals surface area contributed by atoms with Crippen LogP contribution in [0.3, 0.4) is 0 Å². The van der Waals surface area contributed by atoms with Gasteiger partial charge >= 0.3 is 12.7 Å². The highest BCUT2D eigenvalue weighted by Crippen LogP contribution is 2.40. The van der Waals surface area contributed by atoms with Gasteiger partial charge < -0.3 is 23.8 Å². The van der Waals surface area contributed by atoms with Crippen LogP contribution in [0, 0.1) is 0 Å². The molecule has 1 aliphatic heterocycles. The van der Waals surface area contributed by atoms with Crippen molar-refractivity contribution >= 4 is 24.5 Å². The highest BCUT2D eigenvalue weighted by Gasteiger charge is 2.33. The first-order chi connectivity index (χ1) is 14.9. The first-order valence-corrected chi connectivity index (χ1v) is 14.7. The third kappa shape index (κ3) is 16.9. The molecule has 182 valence electrons. The quantitative estimate of drug-likeness (QED) is 0.109. The van der Waals surface area contributed by atoms with Crippen LogP contribution in [0.15, 0.2) is 12.2 Å². The molecular formula is C23H43O6PS. The summed E-state index contributed by atoms with van der Waals surface area (Å²) < 4.78 is 15.8. The molecule has 6 nitrogen and oxygen atoms in total. The fourth-order valence-corrected chi connectivity index (χ4v) is 4.59. The number of esters is 1. The maximum atomic E-state index is 12.1. The molecule has 8 heteroatoms. The number of rotatable bonds is 18. The van der Waals surface area contributed by atoms with Crippen LogP contribution in [0.5, 0.6) is 0 Å². The average Bonchev–Trinajstić information content (AvgIpc) is 2.71. The predicted molar refractivity (Wildman–Crippen MR) is 128 cm³/mol. The van der Waals surface area contributed by atoms with Gasteiger partial charge in [-0.3, -0.25) is 4.79 Å². The van der Waals surface area contributed by atoms with Gasteiger partial charge in [0, 0.05) is 19.4 Å². The Labute approximate surface area is 194 Å². The van der Waals surface area contributed by atoms with E-state index in [1.165, 1.54) is 57.8 Å². The highest BCUT2D eigenvalue weighted by molar-refractivity contribution is 8.06. The Morgan fingerprint density at radius 3 is 2.16 bits per heavy atom. The van der Waals surface area contributed by atoms with Crippen molar-refractivity contribution in [1.82, 2.24) is 0 Å². The Hall–Kier alpha value is -0.300. The van der Waals surface area contributed by atoms with Crippen LogP contribution in [0.25, 0.3) is 0 Å². The number of unbranched alkanes of at least 4 members (excludes halogenated alkanes) is 11. The van der Waals surface area contributed by atoms with Crippen molar-refractivity contribution in [2.24, 2.45) is 0 Å². The molecular weight excluding hydrogens is 435 g/mol. The van der Waals surface area contributed by atoms with Gasteiger partial charge in [-0.05, 0) is 43.9 Å². The number of carbonyl (C=O) groups is 1. The van der Waals surface area contributed by atoms with Gasteiger partial charge in [0.1, 0.15) is 6.10 Å². The minimum absolute atomic E-state index is 0.193. The molecule has 1 saturated heterocycles. The summed E-state index contributed by atoms with van der Waals surface area (Å²) in [6, 6.07) is 0. The van der Waals surface area contributed by atoms with Crippen molar-refractivity contribution in [2.75, 3.05) is 13.2 Å². The summed E-state index contributed by atoms with van der Waals surface area (Å²) in [6.45, 7) is -0.924. The molecule has 0 unspecified atom stereocenters. The molecule has 0 amide bonds. The number of ether oxygens (including phenoxy) is 2. The van der Waals surface area contributed by atoms with Crippen molar-refractivity contribution in [3.8, 4) is 0 Å². The van der Waals surface area contributed by atoms with Crippen molar-refractivity contribution < 1.29 is 28.6 Å². The third-order valence-corrected chi connectivity index (χ3v) is 6.25. The summed E-state index contributed by atoms with van der Waals surface area (Å²) in [7, 11) is 0. The van der Waals surface area contributed by atoms with Crippen LogP contribution in [-0.2, 0) is 30.6 Å². The first-order valence-electron chi connectivity index (χ1n) is 12.1. The van der Waals surface area contributed by atoms with Crippen LogP contribution in [0.2, 0.25) is 0 Å². The lowest BCUT2D eigenvalue weighted by Crippen LogP contribution is -2.41. The third-order valence-electron chi connectivity index (χ3n) is 5.44. The zero-order valence-electron chi connectivity index (χ0n) is 19.2. The van der Waals surface area contributed by atoms with E-state index >= 15 is 0 Å². The SMILES string of the molecule is CCCCCCCC/C=C\CCCCCCCC(=O)O[C@@H]1COCC[C@@H]1OP(O)(O)=S. The molecule has 0 aromatic rings. The Balaban J connectivity index is 1.98. The Morgan fingerprint density at radius 2 is 1.55 bits per heavy atom. The number of carbonyl (C=O) groups excluding carboxylic acids is 1. The van der Waals surface area contributed by atoms with E-state index in [2.05, 4.69) is 30.9 Å². The van der Waals surface area contributed by atoms with E-state index < -0.39 is 18.9 Å². The molecule has 31 heavy (non-hydrogen) atoms. The Morgan fingerprint density at radius 1 is 0.968 bits per heavy atom. The molecule has 1 fully saturated rings. The van der Waals surface area contributed by atoms with Gasteiger partial charge in [-0.25, -0.2) is 0 Å². The Kier molecular flexibility index (Phi) is 16.8. The van der Waals surface area contributed by atoms with E-state index in [1.807, 2.05) is 0 Å². The predicted octanol–water partition coefficient (Wildman–Crippen LogP) is 5.95. The summed E-state index contributed by atoms with van der Waals surface area (Å²) in [5.41, 5.74) is 0. The second-order valence-corrected chi connectivity index (χ2v) is 11.0. The number of hydrogen-bond acceptors (Lipinski definition) is 5. The van der Waals surface area contributed by atoms with Crippen molar-refractivity contribution in [1.29, 1.82) is 0 Å². The lowest BCUT2D eigenvalue weighted by molar-refractivity contribution is -0.165. The van der Waals surface area contributed by atoms with Crippen molar-refractivity contribution in [3.63, 3.8) is 0 Å². The monoisotopic (exact) mass is 478 g/mol. The summed E-state index contributed by atoms with van der Waals surface area (Å²) >= 11 is 4.52. The molecule has 2 atom stereocenters. The van der Waals surface area contributed by atoms with Gasteiger partial charge in [0.15, 0.2) is 6.10 Å². The highest BCUT2D eigenvalue weighted by atomic mass is 32.5. The standard InChI is InChI=1S/C23H43O6PS/c1-2-3-4-5-6-7-8-9-10-11-12-13-14-15-16-17-23(24)28-22-20-27-19-18-21(22)29-30(25,26)31/h9-10,21-22H,2-8,11-20H2,1H3,(H2,25,26,31)/b10-9-/t21-,22+/m0/s1. The minimum Gasteiger partial charge on any atom is -0.457 e. The van der Waals surface area contributed by atoms with E-state index in [-0.39, 0.29) is 12.6 Å². The summed E-state index contributed by atoms with van der Waals surface area (Å²) in [5, 5.41) is 0. The van der Waals surface area contributed by atoms with Crippen LogP contribution < -0.4 is 0 Å². The van der Waals surface area contributed by atoms with Gasteiger partial charge in [-0.15, -0.1) is 0 Å². The molecule has 0 aliphatic carbocycles. The second-order valence-electron chi connectivity index (χ2n) is 8.36. The van der Waals surface area contributed by atoms with E-state index in [1.54, 1.807) is 0 Å². The molecule has 0 radical (unpaired) electrons. The molecule has 2 N–H and O–H groups in total. The smallest absolute Gasteiger partial charge is 0.322 e. The van der Waals surface area contributed by atoms with Crippen molar-refractivity contribution in [3.05, 3.63) is 12.2 Å². The second kappa shape index (κ2) is 18.2. The maximum absolute atomic E-state index is 12.1. The lowest BCUT2D eigenvalue weighted by atomic mass is 10.1. The van der Waals surface area contributed by atoms with Crippen LogP contribution in [0.1, 0.15) is 103 Å². The molecule has 0 spiro atoms. The zero-order valence-corrected chi connectivity index (χ0v) is 20.9. The Bertz CT molecular complexity index is 536. The molecule has 1 aliphatic rings. The van der Waals surface area contributed by atoms with Gasteiger partial charge in [-0.2, -0.15) is 0 Å². The molecule has 1 heterocycles. The lowest BCUT2D eigenvalue weighted by Gasteiger charge is -2.31. The average molecular weight is 479 g/mol. The topological polar surface area (TPSA) is 85.2 Å². The van der Waals surface area contributed by atoms with Crippen LogP contribution >= 0.6 is 6.72 Å². The van der Waals surface area contributed by atoms with E-state index in [0.717, 1.165) is 25.7 Å². The number of hydrogen-bond donors (Lipinski definition) is 2. The van der Waals surface area contributed by atoms with E-state index in [4.69, 9.17) is 14.0 Å². The van der Waals surface area contributed by atoms with Gasteiger partial charge in [0.2, 0.25) is 0 Å². The summed E-state index contributed by atoms with van der Waals surface area (Å²) in [4.78, 5) is 30.8. The minimum atomic E-state index is -3.79. The van der Waals surface area contributed by atoms with Crippen molar-refractivity contribution in [2.45, 2.75) is 115 Å². The van der Waals surface area contributed by atoms with E-state index in [0.29, 0.717) is 19.4 Å². The maximum Gasteiger partial charge on any atom is 0.322 e. The fraction of sp³-hybridized carbons (Fsp3) is 0.870. The zero-order chi connectivity index (χ0) is 22.8. The summed E-state index contributed by atoms with van der Waals surface area (Å²) in [6.07, 6.45) is 19.9. The largest absolute Gasteiger partial charge is 0.457 e. The number of allylic oxidation sites excluding steroid dienone is 2. The first kappa shape index (κ1) is 28.7. The molecule has 0 aromatic heterocycles. The van der Waals surface area contributed by atoms with Crippen LogP contribution in [0.4, 0.5) is 0 Å². The van der Waals surface area contributed by atoms with Gasteiger partial charge in [0.05, 0.1) is 6.61 Å². The normalized spacial score (nSPS) is 19.7. The molecule has 0 bridgehead atoms. The van der Waals surface area contributed by atoms with Crippen LogP contribution in [-0.4, -0.2) is 41.2 Å². The van der Waals surface area contributed by atoms with E-state index in [9.17, 15) is 14.6 Å². The molecule has 0 aromatic carbocycles. The molecule has 0 saturated carbocycles. The van der Waals surface area contributed by atoms with Gasteiger partial charge in [-0.1, -0.05) is 70.4 Å². The van der Waals surface area contributed by atoms with Gasteiger partial charge in [0.25, 0.3) is 0 Å². The summed E-state index contributed by atoms with van der Waals surface area (Å²) in [5.74, 6) is -0.300. The molecule has 1 rings (SSSR count). The fourth-order valence-electron chi connectivity index (χ4n) is 3.67.